The maximum absolute atomic E-state index is 12.4. The van der Waals surface area contributed by atoms with Crippen molar-refractivity contribution in [3.8, 4) is 0 Å². The molecule has 0 aliphatic carbocycles. The van der Waals surface area contributed by atoms with Gasteiger partial charge < -0.3 is 16.4 Å². The number of carbonyl (C=O) groups excluding carboxylic acids is 2. The maximum Gasteiger partial charge on any atom is 0.255 e. The summed E-state index contributed by atoms with van der Waals surface area (Å²) in [6.07, 6.45) is 0.588. The second-order valence-electron chi connectivity index (χ2n) is 5.13. The Labute approximate surface area is 120 Å². The van der Waals surface area contributed by atoms with Crippen molar-refractivity contribution in [1.82, 2.24) is 4.90 Å². The topological polar surface area (TPSA) is 89.4 Å². The van der Waals surface area contributed by atoms with Crippen LogP contribution in [0.15, 0.2) is 22.7 Å². The van der Waals surface area contributed by atoms with E-state index in [1.165, 1.54) is 0 Å². The lowest BCUT2D eigenvalue weighted by atomic mass is 9.89. The summed E-state index contributed by atoms with van der Waals surface area (Å²) in [5, 5.41) is 0. The quantitative estimate of drug-likeness (QED) is 0.805. The van der Waals surface area contributed by atoms with E-state index in [1.807, 2.05) is 0 Å². The molecule has 0 bridgehead atoms. The number of hydrogen-bond acceptors (Lipinski definition) is 3. The van der Waals surface area contributed by atoms with Crippen molar-refractivity contribution in [3.63, 3.8) is 0 Å². The maximum atomic E-state index is 12.4. The van der Waals surface area contributed by atoms with Crippen molar-refractivity contribution in [2.75, 3.05) is 18.8 Å². The minimum absolute atomic E-state index is 0.157. The molecule has 1 heterocycles. The van der Waals surface area contributed by atoms with Crippen molar-refractivity contribution in [3.05, 3.63) is 28.2 Å². The first kappa shape index (κ1) is 13.9. The summed E-state index contributed by atoms with van der Waals surface area (Å²) in [7, 11) is 0. The first-order chi connectivity index (χ1) is 8.83. The molecule has 4 N–H and O–H groups in total. The first-order valence-electron chi connectivity index (χ1n) is 5.98. The second-order valence-corrected chi connectivity index (χ2v) is 6.05. The number of hydrogen-bond donors (Lipinski definition) is 2. The van der Waals surface area contributed by atoms with Gasteiger partial charge >= 0.3 is 0 Å². The lowest BCUT2D eigenvalue weighted by molar-refractivity contribution is -0.126. The average Bonchev–Trinajstić information content (AvgIpc) is 2.73. The molecule has 19 heavy (non-hydrogen) atoms. The number of nitrogen functional groups attached to an aromatic ring is 1. The Morgan fingerprint density at radius 1 is 1.42 bits per heavy atom. The molecule has 0 saturated carbocycles. The van der Waals surface area contributed by atoms with Gasteiger partial charge in [0.05, 0.1) is 11.0 Å². The molecule has 1 aromatic rings. The van der Waals surface area contributed by atoms with E-state index in [0.29, 0.717) is 30.8 Å². The molecule has 1 fully saturated rings. The van der Waals surface area contributed by atoms with E-state index in [1.54, 1.807) is 30.0 Å². The Hall–Kier alpha value is -1.56. The molecule has 1 atom stereocenters. The van der Waals surface area contributed by atoms with Crippen LogP contribution in [0.25, 0.3) is 0 Å². The average molecular weight is 326 g/mol. The fourth-order valence-corrected chi connectivity index (χ4v) is 2.61. The Kier molecular flexibility index (Phi) is 3.54. The lowest BCUT2D eigenvalue weighted by Gasteiger charge is -2.21. The third kappa shape index (κ3) is 2.58. The van der Waals surface area contributed by atoms with Crippen molar-refractivity contribution < 1.29 is 9.59 Å². The zero-order valence-corrected chi connectivity index (χ0v) is 12.2. The number of amides is 2. The van der Waals surface area contributed by atoms with Crippen LogP contribution >= 0.6 is 15.9 Å². The minimum Gasteiger partial charge on any atom is -0.398 e. The van der Waals surface area contributed by atoms with E-state index in [-0.39, 0.29) is 11.8 Å². The van der Waals surface area contributed by atoms with Gasteiger partial charge in [-0.2, -0.15) is 0 Å². The highest BCUT2D eigenvalue weighted by Crippen LogP contribution is 2.31. The number of nitrogens with two attached hydrogens (primary N) is 2. The second kappa shape index (κ2) is 4.85. The number of likely N-dealkylation sites (tertiary alicyclic amines) is 1. The Morgan fingerprint density at radius 2 is 2.11 bits per heavy atom. The van der Waals surface area contributed by atoms with Gasteiger partial charge in [0.2, 0.25) is 5.91 Å². The lowest BCUT2D eigenvalue weighted by Crippen LogP contribution is -2.38. The highest BCUT2D eigenvalue weighted by molar-refractivity contribution is 9.10. The van der Waals surface area contributed by atoms with E-state index in [4.69, 9.17) is 11.5 Å². The van der Waals surface area contributed by atoms with E-state index >= 15 is 0 Å². The minimum atomic E-state index is -0.639. The molecule has 1 saturated heterocycles. The van der Waals surface area contributed by atoms with Crippen molar-refractivity contribution in [2.45, 2.75) is 13.3 Å². The zero-order chi connectivity index (χ0) is 14.2. The number of nitrogens with zero attached hydrogens (tertiary/aromatic N) is 1. The summed E-state index contributed by atoms with van der Waals surface area (Å²) in [5.41, 5.74) is 11.5. The number of rotatable bonds is 2. The molecule has 0 radical (unpaired) electrons. The van der Waals surface area contributed by atoms with Crippen LogP contribution in [0.5, 0.6) is 0 Å². The molecule has 2 rings (SSSR count). The largest absolute Gasteiger partial charge is 0.398 e. The Morgan fingerprint density at radius 3 is 2.63 bits per heavy atom. The molecular formula is C13H16BrN3O2. The normalized spacial score (nSPS) is 22.5. The van der Waals surface area contributed by atoms with Crippen molar-refractivity contribution in [1.29, 1.82) is 0 Å². The highest BCUT2D eigenvalue weighted by atomic mass is 79.9. The number of halogens is 1. The predicted molar refractivity (Wildman–Crippen MR) is 76.4 cm³/mol. The number of primary amides is 1. The van der Waals surface area contributed by atoms with E-state index in [9.17, 15) is 9.59 Å². The molecule has 6 heteroatoms. The third-order valence-corrected chi connectivity index (χ3v) is 4.09. The smallest absolute Gasteiger partial charge is 0.255 e. The summed E-state index contributed by atoms with van der Waals surface area (Å²) in [6.45, 7) is 2.65. The fourth-order valence-electron chi connectivity index (χ4n) is 2.23. The van der Waals surface area contributed by atoms with Crippen LogP contribution in [0.1, 0.15) is 23.7 Å². The van der Waals surface area contributed by atoms with E-state index in [0.717, 1.165) is 4.47 Å². The van der Waals surface area contributed by atoms with Crippen LogP contribution in [-0.4, -0.2) is 29.8 Å². The van der Waals surface area contributed by atoms with E-state index < -0.39 is 5.41 Å². The van der Waals surface area contributed by atoms with Gasteiger partial charge in [0, 0.05) is 23.2 Å². The van der Waals surface area contributed by atoms with Crippen LogP contribution in [0, 0.1) is 5.41 Å². The molecule has 0 aromatic heterocycles. The molecule has 5 nitrogen and oxygen atoms in total. The summed E-state index contributed by atoms with van der Waals surface area (Å²) in [5.74, 6) is -0.526. The van der Waals surface area contributed by atoms with Gasteiger partial charge in [-0.15, -0.1) is 0 Å². The molecule has 102 valence electrons. The first-order valence-corrected chi connectivity index (χ1v) is 6.77. The van der Waals surface area contributed by atoms with Crippen LogP contribution in [0.2, 0.25) is 0 Å². The van der Waals surface area contributed by atoms with Gasteiger partial charge in [-0.25, -0.2) is 0 Å². The molecule has 1 aromatic carbocycles. The zero-order valence-electron chi connectivity index (χ0n) is 10.6. The third-order valence-electron chi connectivity index (χ3n) is 3.60. The number of carbonyl (C=O) groups is 2. The van der Waals surface area contributed by atoms with Gasteiger partial charge in [-0.3, -0.25) is 9.59 Å². The molecule has 1 aliphatic rings. The van der Waals surface area contributed by atoms with Crippen LogP contribution in [0.3, 0.4) is 0 Å². The summed E-state index contributed by atoms with van der Waals surface area (Å²) >= 11 is 3.30. The van der Waals surface area contributed by atoms with Gasteiger partial charge in [-0.1, -0.05) is 15.9 Å². The predicted octanol–water partition coefficient (Wildman–Crippen LogP) is 1.37. The SMILES string of the molecule is CC1(C(N)=O)CCN(C(=O)c2ccc(Br)cc2N)C1. The van der Waals surface area contributed by atoms with Crippen molar-refractivity contribution in [2.24, 2.45) is 11.1 Å². The molecular weight excluding hydrogens is 310 g/mol. The molecule has 1 aliphatic heterocycles. The molecule has 0 spiro atoms. The molecule has 2 amide bonds. The monoisotopic (exact) mass is 325 g/mol. The number of benzene rings is 1. The van der Waals surface area contributed by atoms with Crippen LogP contribution < -0.4 is 11.5 Å². The van der Waals surface area contributed by atoms with Crippen molar-refractivity contribution >= 4 is 33.4 Å². The van der Waals surface area contributed by atoms with E-state index in [2.05, 4.69) is 15.9 Å². The summed E-state index contributed by atoms with van der Waals surface area (Å²) in [4.78, 5) is 25.4. The summed E-state index contributed by atoms with van der Waals surface area (Å²) < 4.78 is 0.824. The van der Waals surface area contributed by atoms with Gasteiger partial charge in [0.15, 0.2) is 0 Å². The van der Waals surface area contributed by atoms with Gasteiger partial charge in [-0.05, 0) is 31.5 Å². The standard InChI is InChI=1S/C13H16BrN3O2/c1-13(12(16)19)4-5-17(7-13)11(18)9-3-2-8(14)6-10(9)15/h2-3,6H,4-5,7,15H2,1H3,(H2,16,19). The Balaban J connectivity index is 2.20. The van der Waals surface area contributed by atoms with Crippen LogP contribution in [0.4, 0.5) is 5.69 Å². The highest BCUT2D eigenvalue weighted by Gasteiger charge is 2.41. The van der Waals surface area contributed by atoms with Gasteiger partial charge in [0.1, 0.15) is 0 Å². The molecule has 1 unspecified atom stereocenters. The van der Waals surface area contributed by atoms with Crippen LogP contribution in [-0.2, 0) is 4.79 Å². The fraction of sp³-hybridized carbons (Fsp3) is 0.385. The Bertz CT molecular complexity index is 547. The van der Waals surface area contributed by atoms with Gasteiger partial charge in [0.25, 0.3) is 5.91 Å². The summed E-state index contributed by atoms with van der Waals surface area (Å²) in [6, 6.07) is 5.14. The number of anilines is 1.